The SMILES string of the molecule is CCNCCC(C)(C)CCc1cc(F)c(C)cc1F. The average Bonchev–Trinajstić information content (AvgIpc) is 2.32. The molecule has 1 aromatic rings. The molecule has 1 nitrogen and oxygen atoms in total. The van der Waals surface area contributed by atoms with Gasteiger partial charge < -0.3 is 5.32 Å². The smallest absolute Gasteiger partial charge is 0.126 e. The zero-order valence-electron chi connectivity index (χ0n) is 12.4. The van der Waals surface area contributed by atoms with Gasteiger partial charge in [-0.2, -0.15) is 0 Å². The third kappa shape index (κ3) is 5.27. The highest BCUT2D eigenvalue weighted by molar-refractivity contribution is 5.25. The first-order chi connectivity index (χ1) is 8.85. The molecule has 0 spiro atoms. The van der Waals surface area contributed by atoms with Crippen molar-refractivity contribution in [2.45, 2.75) is 47.0 Å². The molecule has 0 fully saturated rings. The van der Waals surface area contributed by atoms with Crippen molar-refractivity contribution in [2.24, 2.45) is 5.41 Å². The number of halogens is 2. The van der Waals surface area contributed by atoms with Crippen molar-refractivity contribution in [3.63, 3.8) is 0 Å². The topological polar surface area (TPSA) is 12.0 Å². The van der Waals surface area contributed by atoms with Crippen molar-refractivity contribution in [1.29, 1.82) is 0 Å². The summed E-state index contributed by atoms with van der Waals surface area (Å²) in [6, 6.07) is 2.63. The standard InChI is InChI=1S/C16H25F2N/c1-5-19-9-8-16(3,4)7-6-13-11-14(17)12(2)10-15(13)18/h10-11,19H,5-9H2,1-4H3. The molecular weight excluding hydrogens is 244 g/mol. The predicted octanol–water partition coefficient (Wildman–Crippen LogP) is 4.23. The summed E-state index contributed by atoms with van der Waals surface area (Å²) in [5.74, 6) is -0.608. The van der Waals surface area contributed by atoms with Crippen LogP contribution in [0.2, 0.25) is 0 Å². The van der Waals surface area contributed by atoms with Crippen LogP contribution in [-0.4, -0.2) is 13.1 Å². The van der Waals surface area contributed by atoms with Crippen LogP contribution >= 0.6 is 0 Å². The monoisotopic (exact) mass is 269 g/mol. The van der Waals surface area contributed by atoms with Gasteiger partial charge in [0.15, 0.2) is 0 Å². The first-order valence-corrected chi connectivity index (χ1v) is 7.01. The molecule has 0 aliphatic rings. The van der Waals surface area contributed by atoms with Crippen molar-refractivity contribution in [3.05, 3.63) is 34.9 Å². The first kappa shape index (κ1) is 16.1. The number of hydrogen-bond acceptors (Lipinski definition) is 1. The lowest BCUT2D eigenvalue weighted by atomic mass is 9.83. The highest BCUT2D eigenvalue weighted by Gasteiger charge is 2.18. The molecule has 0 aromatic heterocycles. The van der Waals surface area contributed by atoms with E-state index in [1.165, 1.54) is 12.1 Å². The second kappa shape index (κ2) is 6.99. The normalized spacial score (nSPS) is 11.9. The quantitative estimate of drug-likeness (QED) is 0.730. The van der Waals surface area contributed by atoms with E-state index in [1.54, 1.807) is 6.92 Å². The summed E-state index contributed by atoms with van der Waals surface area (Å²) in [6.45, 7) is 9.95. The van der Waals surface area contributed by atoms with Crippen molar-refractivity contribution >= 4 is 0 Å². The minimum absolute atomic E-state index is 0.135. The molecule has 0 radical (unpaired) electrons. The van der Waals surface area contributed by atoms with Crippen LogP contribution in [0, 0.1) is 24.0 Å². The van der Waals surface area contributed by atoms with Crippen LogP contribution in [0.5, 0.6) is 0 Å². The number of hydrogen-bond donors (Lipinski definition) is 1. The van der Waals surface area contributed by atoms with E-state index in [1.807, 2.05) is 0 Å². The van der Waals surface area contributed by atoms with Gasteiger partial charge in [-0.1, -0.05) is 20.8 Å². The molecule has 0 amide bonds. The van der Waals surface area contributed by atoms with Gasteiger partial charge in [0, 0.05) is 0 Å². The summed E-state index contributed by atoms with van der Waals surface area (Å²) >= 11 is 0. The van der Waals surface area contributed by atoms with Gasteiger partial charge in [-0.3, -0.25) is 0 Å². The van der Waals surface area contributed by atoms with Crippen LogP contribution in [0.15, 0.2) is 12.1 Å². The summed E-state index contributed by atoms with van der Waals surface area (Å²) in [4.78, 5) is 0. The molecule has 0 heterocycles. The molecule has 0 atom stereocenters. The lowest BCUT2D eigenvalue weighted by molar-refractivity contribution is 0.302. The van der Waals surface area contributed by atoms with Crippen LogP contribution < -0.4 is 5.32 Å². The summed E-state index contributed by atoms with van der Waals surface area (Å²) < 4.78 is 27.2. The summed E-state index contributed by atoms with van der Waals surface area (Å²) in [6.07, 6.45) is 2.48. The summed E-state index contributed by atoms with van der Waals surface area (Å²) in [5.41, 5.74) is 0.989. The Bertz CT molecular complexity index is 413. The van der Waals surface area contributed by atoms with Crippen molar-refractivity contribution < 1.29 is 8.78 Å². The fourth-order valence-corrected chi connectivity index (χ4v) is 2.08. The molecule has 19 heavy (non-hydrogen) atoms. The maximum absolute atomic E-state index is 13.7. The number of aryl methyl sites for hydroxylation is 2. The van der Waals surface area contributed by atoms with Crippen LogP contribution in [0.4, 0.5) is 8.78 Å². The third-order valence-electron chi connectivity index (χ3n) is 3.63. The fourth-order valence-electron chi connectivity index (χ4n) is 2.08. The Hall–Kier alpha value is -0.960. The highest BCUT2D eigenvalue weighted by Crippen LogP contribution is 2.27. The van der Waals surface area contributed by atoms with Gasteiger partial charge in [0.05, 0.1) is 0 Å². The van der Waals surface area contributed by atoms with E-state index < -0.39 is 0 Å². The average molecular weight is 269 g/mol. The molecule has 1 N–H and O–H groups in total. The maximum atomic E-state index is 13.7. The van der Waals surface area contributed by atoms with Crippen LogP contribution in [0.1, 0.15) is 44.7 Å². The molecular formula is C16H25F2N. The van der Waals surface area contributed by atoms with Crippen molar-refractivity contribution in [3.8, 4) is 0 Å². The lowest BCUT2D eigenvalue weighted by Crippen LogP contribution is -2.22. The van der Waals surface area contributed by atoms with Gasteiger partial charge in [0.25, 0.3) is 0 Å². The minimum atomic E-state index is -0.318. The minimum Gasteiger partial charge on any atom is -0.317 e. The van der Waals surface area contributed by atoms with Gasteiger partial charge in [-0.05, 0) is 68.0 Å². The Morgan fingerprint density at radius 2 is 1.79 bits per heavy atom. The molecule has 0 aliphatic heterocycles. The number of nitrogens with one attached hydrogen (secondary N) is 1. The van der Waals surface area contributed by atoms with E-state index in [0.717, 1.165) is 25.9 Å². The van der Waals surface area contributed by atoms with Crippen molar-refractivity contribution in [1.82, 2.24) is 5.32 Å². The Morgan fingerprint density at radius 1 is 1.11 bits per heavy atom. The van der Waals surface area contributed by atoms with Crippen LogP contribution in [0.3, 0.4) is 0 Å². The molecule has 1 aromatic carbocycles. The first-order valence-electron chi connectivity index (χ1n) is 7.01. The predicted molar refractivity (Wildman–Crippen MR) is 76.4 cm³/mol. The third-order valence-corrected chi connectivity index (χ3v) is 3.63. The van der Waals surface area contributed by atoms with Gasteiger partial charge in [-0.15, -0.1) is 0 Å². The second-order valence-electron chi connectivity index (χ2n) is 5.96. The van der Waals surface area contributed by atoms with E-state index >= 15 is 0 Å². The number of rotatable bonds is 7. The molecule has 0 aliphatic carbocycles. The molecule has 3 heteroatoms. The largest absolute Gasteiger partial charge is 0.317 e. The second-order valence-corrected chi connectivity index (χ2v) is 5.96. The molecule has 0 saturated carbocycles. The van der Waals surface area contributed by atoms with Gasteiger partial charge in [0.2, 0.25) is 0 Å². The highest BCUT2D eigenvalue weighted by atomic mass is 19.1. The molecule has 108 valence electrons. The van der Waals surface area contributed by atoms with Crippen LogP contribution in [0.25, 0.3) is 0 Å². The maximum Gasteiger partial charge on any atom is 0.126 e. The molecule has 0 unspecified atom stereocenters. The van der Waals surface area contributed by atoms with E-state index in [4.69, 9.17) is 0 Å². The Kier molecular flexibility index (Phi) is 5.92. The Balaban J connectivity index is 2.58. The zero-order chi connectivity index (χ0) is 14.5. The molecule has 1 rings (SSSR count). The van der Waals surface area contributed by atoms with E-state index in [-0.39, 0.29) is 17.0 Å². The number of benzene rings is 1. The zero-order valence-corrected chi connectivity index (χ0v) is 12.4. The van der Waals surface area contributed by atoms with Gasteiger partial charge in [0.1, 0.15) is 11.6 Å². The van der Waals surface area contributed by atoms with E-state index in [0.29, 0.717) is 17.5 Å². The Labute approximate surface area is 115 Å². The van der Waals surface area contributed by atoms with E-state index in [2.05, 4.69) is 26.1 Å². The van der Waals surface area contributed by atoms with Gasteiger partial charge >= 0.3 is 0 Å². The molecule has 0 saturated heterocycles. The van der Waals surface area contributed by atoms with Crippen LogP contribution in [-0.2, 0) is 6.42 Å². The van der Waals surface area contributed by atoms with Crippen molar-refractivity contribution in [2.75, 3.05) is 13.1 Å². The Morgan fingerprint density at radius 3 is 2.42 bits per heavy atom. The molecule has 0 bridgehead atoms. The summed E-state index contributed by atoms with van der Waals surface area (Å²) in [7, 11) is 0. The summed E-state index contributed by atoms with van der Waals surface area (Å²) in [5, 5.41) is 3.30. The van der Waals surface area contributed by atoms with E-state index in [9.17, 15) is 8.78 Å². The lowest BCUT2D eigenvalue weighted by Gasteiger charge is -2.25. The fraction of sp³-hybridized carbons (Fsp3) is 0.625. The van der Waals surface area contributed by atoms with Gasteiger partial charge in [-0.25, -0.2) is 8.78 Å².